The van der Waals surface area contributed by atoms with Crippen molar-refractivity contribution in [1.82, 2.24) is 4.98 Å². The predicted octanol–water partition coefficient (Wildman–Crippen LogP) is 3.86. The Labute approximate surface area is 110 Å². The summed E-state index contributed by atoms with van der Waals surface area (Å²) in [6.45, 7) is 4.92. The summed E-state index contributed by atoms with van der Waals surface area (Å²) in [5.41, 5.74) is 1.09. The molecule has 0 spiro atoms. The number of hydrogen-bond donors (Lipinski definition) is 1. The maximum Gasteiger partial charge on any atom is 0.213 e. The average Bonchev–Trinajstić information content (AvgIpc) is 2.42. The normalized spacial score (nSPS) is 18.3. The van der Waals surface area contributed by atoms with Gasteiger partial charge in [0.1, 0.15) is 0 Å². The van der Waals surface area contributed by atoms with Gasteiger partial charge in [0, 0.05) is 12.1 Å². The Morgan fingerprint density at radius 3 is 2.72 bits per heavy atom. The molecule has 18 heavy (non-hydrogen) atoms. The molecular formula is C15H24N2O. The van der Waals surface area contributed by atoms with Crippen LogP contribution in [0.3, 0.4) is 0 Å². The third kappa shape index (κ3) is 3.62. The van der Waals surface area contributed by atoms with E-state index in [1.807, 2.05) is 19.2 Å². The van der Waals surface area contributed by atoms with E-state index in [-0.39, 0.29) is 0 Å². The van der Waals surface area contributed by atoms with Gasteiger partial charge in [-0.2, -0.15) is 0 Å². The van der Waals surface area contributed by atoms with E-state index in [0.717, 1.165) is 11.6 Å². The highest BCUT2D eigenvalue weighted by Crippen LogP contribution is 2.28. The van der Waals surface area contributed by atoms with Crippen LogP contribution in [-0.2, 0) is 0 Å². The molecule has 0 amide bonds. The topological polar surface area (TPSA) is 34.1 Å². The van der Waals surface area contributed by atoms with Crippen LogP contribution in [-0.4, -0.2) is 17.6 Å². The molecule has 1 N–H and O–H groups in total. The second-order valence-electron chi connectivity index (χ2n) is 5.15. The number of nitrogens with one attached hydrogen (secondary N) is 1. The number of pyridine rings is 1. The summed E-state index contributed by atoms with van der Waals surface area (Å²) in [6, 6.07) is 4.52. The molecule has 1 unspecified atom stereocenters. The van der Waals surface area contributed by atoms with Crippen LogP contribution in [0.4, 0.5) is 5.69 Å². The number of anilines is 1. The van der Waals surface area contributed by atoms with Crippen LogP contribution in [0, 0.1) is 5.92 Å². The second-order valence-corrected chi connectivity index (χ2v) is 5.15. The monoisotopic (exact) mass is 248 g/mol. The van der Waals surface area contributed by atoms with Crippen molar-refractivity contribution in [3.63, 3.8) is 0 Å². The number of hydrogen-bond acceptors (Lipinski definition) is 3. The fraction of sp³-hybridized carbons (Fsp3) is 0.667. The molecule has 0 saturated heterocycles. The van der Waals surface area contributed by atoms with Crippen molar-refractivity contribution >= 4 is 5.69 Å². The van der Waals surface area contributed by atoms with E-state index in [1.54, 1.807) is 0 Å². The maximum atomic E-state index is 5.34. The van der Waals surface area contributed by atoms with Gasteiger partial charge in [-0.3, -0.25) is 0 Å². The lowest BCUT2D eigenvalue weighted by Crippen LogP contribution is -2.27. The fourth-order valence-electron chi connectivity index (χ4n) is 2.71. The third-order valence-electron chi connectivity index (χ3n) is 3.78. The number of aromatic nitrogens is 1. The van der Waals surface area contributed by atoms with Gasteiger partial charge >= 0.3 is 0 Å². The van der Waals surface area contributed by atoms with Gasteiger partial charge in [-0.1, -0.05) is 19.3 Å². The molecule has 0 bridgehead atoms. The molecule has 1 aromatic rings. The van der Waals surface area contributed by atoms with Gasteiger partial charge in [-0.05, 0) is 38.7 Å². The van der Waals surface area contributed by atoms with E-state index < -0.39 is 0 Å². The van der Waals surface area contributed by atoms with Crippen molar-refractivity contribution in [3.8, 4) is 5.88 Å². The summed E-state index contributed by atoms with van der Waals surface area (Å²) in [7, 11) is 0. The van der Waals surface area contributed by atoms with Crippen LogP contribution < -0.4 is 10.1 Å². The Bertz CT molecular complexity index is 344. The van der Waals surface area contributed by atoms with Gasteiger partial charge in [0.05, 0.1) is 18.5 Å². The van der Waals surface area contributed by atoms with Gasteiger partial charge in [0.15, 0.2) is 0 Å². The minimum atomic E-state index is 0.532. The molecule has 3 nitrogen and oxygen atoms in total. The lowest BCUT2D eigenvalue weighted by Gasteiger charge is -2.28. The first-order valence-corrected chi connectivity index (χ1v) is 7.15. The highest BCUT2D eigenvalue weighted by Gasteiger charge is 2.19. The highest BCUT2D eigenvalue weighted by atomic mass is 16.5. The van der Waals surface area contributed by atoms with Gasteiger partial charge in [-0.25, -0.2) is 4.98 Å². The molecule has 1 aromatic heterocycles. The van der Waals surface area contributed by atoms with Crippen LogP contribution >= 0.6 is 0 Å². The quantitative estimate of drug-likeness (QED) is 0.859. The predicted molar refractivity (Wildman–Crippen MR) is 75.1 cm³/mol. The lowest BCUT2D eigenvalue weighted by atomic mass is 9.84. The molecule has 3 heteroatoms. The zero-order valence-electron chi connectivity index (χ0n) is 11.5. The Morgan fingerprint density at radius 2 is 2.11 bits per heavy atom. The van der Waals surface area contributed by atoms with Crippen LogP contribution in [0.25, 0.3) is 0 Å². The summed E-state index contributed by atoms with van der Waals surface area (Å²) in [5, 5.41) is 3.56. The van der Waals surface area contributed by atoms with E-state index in [0.29, 0.717) is 18.5 Å². The first-order valence-electron chi connectivity index (χ1n) is 7.15. The van der Waals surface area contributed by atoms with Crippen LogP contribution in [0.5, 0.6) is 5.88 Å². The van der Waals surface area contributed by atoms with E-state index in [4.69, 9.17) is 4.74 Å². The molecule has 0 radical (unpaired) electrons. The third-order valence-corrected chi connectivity index (χ3v) is 3.78. The Morgan fingerprint density at radius 1 is 1.33 bits per heavy atom. The fourth-order valence-corrected chi connectivity index (χ4v) is 2.71. The van der Waals surface area contributed by atoms with Crippen molar-refractivity contribution in [2.45, 2.75) is 52.0 Å². The summed E-state index contributed by atoms with van der Waals surface area (Å²) >= 11 is 0. The average molecular weight is 248 g/mol. The minimum absolute atomic E-state index is 0.532. The highest BCUT2D eigenvalue weighted by molar-refractivity contribution is 5.42. The standard InChI is InChI=1S/C15H24N2O/c1-3-18-15-10-9-14(11-16-15)17-12(2)13-7-5-4-6-8-13/h9-13,17H,3-8H2,1-2H3. The van der Waals surface area contributed by atoms with Gasteiger partial charge < -0.3 is 10.1 Å². The number of nitrogens with zero attached hydrogens (tertiary/aromatic N) is 1. The van der Waals surface area contributed by atoms with Crippen molar-refractivity contribution in [2.24, 2.45) is 5.92 Å². The zero-order valence-corrected chi connectivity index (χ0v) is 11.5. The first kappa shape index (κ1) is 13.2. The Kier molecular flexibility index (Phi) is 4.85. The largest absolute Gasteiger partial charge is 0.478 e. The summed E-state index contributed by atoms with van der Waals surface area (Å²) in [5.74, 6) is 1.51. The summed E-state index contributed by atoms with van der Waals surface area (Å²) in [4.78, 5) is 4.28. The van der Waals surface area contributed by atoms with Gasteiger partial charge in [-0.15, -0.1) is 0 Å². The molecule has 1 atom stereocenters. The van der Waals surface area contributed by atoms with Crippen molar-refractivity contribution in [2.75, 3.05) is 11.9 Å². The Hall–Kier alpha value is -1.25. The Balaban J connectivity index is 1.87. The molecule has 0 aliphatic heterocycles. The summed E-state index contributed by atoms with van der Waals surface area (Å²) in [6.07, 6.45) is 8.77. The van der Waals surface area contributed by atoms with Gasteiger partial charge in [0.2, 0.25) is 5.88 Å². The number of rotatable bonds is 5. The van der Waals surface area contributed by atoms with Gasteiger partial charge in [0.25, 0.3) is 0 Å². The van der Waals surface area contributed by atoms with E-state index >= 15 is 0 Å². The molecule has 100 valence electrons. The molecule has 2 rings (SSSR count). The van der Waals surface area contributed by atoms with Crippen LogP contribution in [0.2, 0.25) is 0 Å². The second kappa shape index (κ2) is 6.62. The molecule has 1 aliphatic carbocycles. The van der Waals surface area contributed by atoms with Crippen molar-refractivity contribution < 1.29 is 4.74 Å². The van der Waals surface area contributed by atoms with Crippen molar-refractivity contribution in [3.05, 3.63) is 18.3 Å². The van der Waals surface area contributed by atoms with Crippen LogP contribution in [0.15, 0.2) is 18.3 Å². The molecule has 1 fully saturated rings. The summed E-state index contributed by atoms with van der Waals surface area (Å²) < 4.78 is 5.34. The molecule has 1 aliphatic rings. The molecular weight excluding hydrogens is 224 g/mol. The zero-order chi connectivity index (χ0) is 12.8. The van der Waals surface area contributed by atoms with E-state index in [1.165, 1.54) is 32.1 Å². The minimum Gasteiger partial charge on any atom is -0.478 e. The molecule has 1 saturated carbocycles. The first-order chi connectivity index (χ1) is 8.79. The lowest BCUT2D eigenvalue weighted by molar-refractivity contribution is 0.325. The van der Waals surface area contributed by atoms with Crippen molar-refractivity contribution in [1.29, 1.82) is 0 Å². The maximum absolute atomic E-state index is 5.34. The van der Waals surface area contributed by atoms with E-state index in [9.17, 15) is 0 Å². The SMILES string of the molecule is CCOc1ccc(NC(C)C2CCCCC2)cn1. The van der Waals surface area contributed by atoms with E-state index in [2.05, 4.69) is 23.3 Å². The molecule has 0 aromatic carbocycles. The smallest absolute Gasteiger partial charge is 0.213 e. The number of ether oxygens (including phenoxy) is 1. The van der Waals surface area contributed by atoms with Crippen LogP contribution in [0.1, 0.15) is 46.0 Å². The molecule has 1 heterocycles.